The van der Waals surface area contributed by atoms with Crippen molar-refractivity contribution in [2.24, 2.45) is 5.11 Å². The number of rotatable bonds is 12. The molecule has 2 aromatic heterocycles. The molecule has 2 saturated heterocycles. The van der Waals surface area contributed by atoms with Crippen LogP contribution in [0.4, 0.5) is 5.95 Å². The Bertz CT molecular complexity index is 1750. The highest BCUT2D eigenvalue weighted by Gasteiger charge is 2.63. The maximum atomic E-state index is 14.3. The standard InChI is InChI=1S/C27H34N9O10P/c1-15(24(38)42-16-9-5-3-6-10-16)33-47(39,46-17-11-7-4-8-12-17)41-13-27(34-35-29)20-19(43-26(40-2)44-20)23(45-27)36-14-30-18-21(36)31-25(28)32-22(18)37/h4,7-8,11-12,14-16,19-20,23,26H,3,5-6,9-10,13H2,1-2H3,(H,33,39)(H3,28,31,32,37)/t15-,19?,20?,23+,26?,27+,47?/m0/s1. The first-order chi connectivity index (χ1) is 22.6. The molecule has 0 radical (unpaired) electrons. The Hall–Kier alpha value is -4.06. The third kappa shape index (κ3) is 6.83. The summed E-state index contributed by atoms with van der Waals surface area (Å²) >= 11 is 0. The minimum Gasteiger partial charge on any atom is -0.461 e. The van der Waals surface area contributed by atoms with Gasteiger partial charge in [0, 0.05) is 12.0 Å². The van der Waals surface area contributed by atoms with Crippen LogP contribution < -0.4 is 20.9 Å². The maximum absolute atomic E-state index is 14.3. The van der Waals surface area contributed by atoms with Gasteiger partial charge in [0.1, 0.15) is 30.1 Å². The number of imidazole rings is 1. The summed E-state index contributed by atoms with van der Waals surface area (Å²) in [6.07, 6.45) is 2.08. The summed E-state index contributed by atoms with van der Waals surface area (Å²) in [7, 11) is -3.11. The molecule has 0 bridgehead atoms. The van der Waals surface area contributed by atoms with Crippen LogP contribution in [0.2, 0.25) is 0 Å². The predicted octanol–water partition coefficient (Wildman–Crippen LogP) is 3.01. The first-order valence-corrected chi connectivity index (χ1v) is 16.5. The Kier molecular flexibility index (Phi) is 9.50. The molecule has 3 aromatic rings. The van der Waals surface area contributed by atoms with Crippen LogP contribution in [0, 0.1) is 0 Å². The molecule has 47 heavy (non-hydrogen) atoms. The van der Waals surface area contributed by atoms with Gasteiger partial charge in [-0.1, -0.05) is 29.7 Å². The first-order valence-electron chi connectivity index (χ1n) is 14.9. The molecule has 1 aliphatic carbocycles. The lowest BCUT2D eigenvalue weighted by Gasteiger charge is -2.31. The number of nitrogens with one attached hydrogen (secondary N) is 2. The number of esters is 1. The monoisotopic (exact) mass is 675 g/mol. The van der Waals surface area contributed by atoms with Gasteiger partial charge < -0.3 is 33.9 Å². The molecule has 2 aliphatic heterocycles. The molecule has 4 heterocycles. The van der Waals surface area contributed by atoms with Gasteiger partial charge in [0.15, 0.2) is 17.4 Å². The van der Waals surface area contributed by atoms with Crippen molar-refractivity contribution in [3.8, 4) is 5.75 Å². The van der Waals surface area contributed by atoms with Crippen LogP contribution in [0.5, 0.6) is 5.75 Å². The van der Waals surface area contributed by atoms with Crippen molar-refractivity contribution >= 4 is 30.8 Å². The number of azide groups is 1. The van der Waals surface area contributed by atoms with Crippen molar-refractivity contribution in [1.29, 1.82) is 0 Å². The summed E-state index contributed by atoms with van der Waals surface area (Å²) in [6, 6.07) is 7.03. The lowest BCUT2D eigenvalue weighted by molar-refractivity contribution is -0.269. The number of hydrogen-bond donors (Lipinski definition) is 3. The van der Waals surface area contributed by atoms with E-state index in [1.165, 1.54) is 24.9 Å². The molecular formula is C27H34N9O10P. The van der Waals surface area contributed by atoms with E-state index in [0.717, 1.165) is 32.1 Å². The summed E-state index contributed by atoms with van der Waals surface area (Å²) in [5, 5.41) is 6.52. The lowest BCUT2D eigenvalue weighted by atomic mass is 9.98. The fourth-order valence-corrected chi connectivity index (χ4v) is 7.25. The second-order valence-corrected chi connectivity index (χ2v) is 12.9. The third-order valence-electron chi connectivity index (χ3n) is 7.96. The lowest BCUT2D eigenvalue weighted by Crippen LogP contribution is -2.45. The molecular weight excluding hydrogens is 641 g/mol. The van der Waals surface area contributed by atoms with Crippen LogP contribution in [0.25, 0.3) is 21.6 Å². The molecule has 6 rings (SSSR count). The van der Waals surface area contributed by atoms with Crippen molar-refractivity contribution in [3.05, 3.63) is 57.5 Å². The number of nitrogens with zero attached hydrogens (tertiary/aromatic N) is 6. The number of carbonyl (C=O) groups excluding carboxylic acids is 1. The first kappa shape index (κ1) is 32.9. The number of anilines is 1. The highest BCUT2D eigenvalue weighted by molar-refractivity contribution is 7.52. The predicted molar refractivity (Wildman–Crippen MR) is 161 cm³/mol. The van der Waals surface area contributed by atoms with E-state index in [2.05, 4.69) is 30.1 Å². The van der Waals surface area contributed by atoms with Crippen LogP contribution in [0.15, 0.2) is 46.6 Å². The topological polar surface area (TPSA) is 249 Å². The second-order valence-electron chi connectivity index (χ2n) is 11.2. The fraction of sp³-hybridized carbons (Fsp3) is 0.556. The van der Waals surface area contributed by atoms with Crippen molar-refractivity contribution in [1.82, 2.24) is 24.6 Å². The zero-order valence-corrected chi connectivity index (χ0v) is 26.4. The Morgan fingerprint density at radius 2 is 2.06 bits per heavy atom. The van der Waals surface area contributed by atoms with E-state index in [4.69, 9.17) is 38.5 Å². The molecule has 0 amide bonds. The Morgan fingerprint density at radius 1 is 1.30 bits per heavy atom. The Labute approximate surface area is 267 Å². The van der Waals surface area contributed by atoms with Crippen molar-refractivity contribution < 1.29 is 42.1 Å². The number of para-hydroxylation sites is 1. The van der Waals surface area contributed by atoms with Crippen LogP contribution in [-0.4, -0.2) is 75.8 Å². The summed E-state index contributed by atoms with van der Waals surface area (Å²) in [5.41, 5.74) is 12.8. The van der Waals surface area contributed by atoms with Gasteiger partial charge in [0.05, 0.1) is 12.9 Å². The minimum atomic E-state index is -4.45. The fourth-order valence-electron chi connectivity index (χ4n) is 5.74. The van der Waals surface area contributed by atoms with Gasteiger partial charge in [0.25, 0.3) is 12.0 Å². The van der Waals surface area contributed by atoms with E-state index in [0.29, 0.717) is 0 Å². The van der Waals surface area contributed by atoms with E-state index >= 15 is 0 Å². The number of hydrogen-bond acceptors (Lipinski definition) is 14. The van der Waals surface area contributed by atoms with Crippen molar-refractivity contribution in [2.45, 2.75) is 81.8 Å². The van der Waals surface area contributed by atoms with Crippen molar-refractivity contribution in [2.75, 3.05) is 19.5 Å². The minimum absolute atomic E-state index is 0.0434. The SMILES string of the molecule is COC1OC2C(O1)[C@](COP(=O)(N[C@@H](C)C(=O)OC1CCCCC1)Oc1ccccc1)(N=[N+]=[N-])O[C@H]2n1cnc2c(=O)[nH]c(N)nc21. The van der Waals surface area contributed by atoms with Gasteiger partial charge >= 0.3 is 13.7 Å². The van der Waals surface area contributed by atoms with E-state index in [9.17, 15) is 19.7 Å². The molecule has 3 aliphatic rings. The number of H-pyrrole nitrogens is 1. The number of benzene rings is 1. The normalized spacial score (nSPS) is 27.9. The number of nitrogen functional groups attached to an aromatic ring is 1. The summed E-state index contributed by atoms with van der Waals surface area (Å²) in [5.74, 6) is -0.651. The van der Waals surface area contributed by atoms with Crippen molar-refractivity contribution in [3.63, 3.8) is 0 Å². The molecule has 7 atom stereocenters. The van der Waals surface area contributed by atoms with E-state index in [1.54, 1.807) is 30.3 Å². The van der Waals surface area contributed by atoms with E-state index < -0.39 is 62.6 Å². The second kappa shape index (κ2) is 13.6. The number of aromatic amines is 1. The van der Waals surface area contributed by atoms with Crippen LogP contribution >= 0.6 is 7.75 Å². The molecule has 3 fully saturated rings. The zero-order valence-electron chi connectivity index (χ0n) is 25.5. The largest absolute Gasteiger partial charge is 0.461 e. The van der Waals surface area contributed by atoms with Gasteiger partial charge in [-0.2, -0.15) is 10.1 Å². The highest BCUT2D eigenvalue weighted by atomic mass is 31.2. The molecule has 0 spiro atoms. The number of methoxy groups -OCH3 is 1. The van der Waals surface area contributed by atoms with Gasteiger partial charge in [-0.3, -0.25) is 23.7 Å². The number of ether oxygens (including phenoxy) is 5. The number of carbonyl (C=O) groups is 1. The Balaban J connectivity index is 1.29. The third-order valence-corrected chi connectivity index (χ3v) is 9.58. The molecule has 4 N–H and O–H groups in total. The molecule has 1 saturated carbocycles. The summed E-state index contributed by atoms with van der Waals surface area (Å²) in [6.45, 7) is -0.474. The average molecular weight is 676 g/mol. The Morgan fingerprint density at radius 3 is 2.79 bits per heavy atom. The molecule has 252 valence electrons. The summed E-state index contributed by atoms with van der Waals surface area (Å²) < 4.78 is 56.3. The van der Waals surface area contributed by atoms with Crippen LogP contribution in [-0.2, 0) is 37.6 Å². The van der Waals surface area contributed by atoms with Crippen LogP contribution in [0.3, 0.4) is 0 Å². The summed E-state index contributed by atoms with van der Waals surface area (Å²) in [4.78, 5) is 39.1. The maximum Gasteiger partial charge on any atom is 0.459 e. The van der Waals surface area contributed by atoms with Gasteiger partial charge in [0.2, 0.25) is 11.7 Å². The zero-order chi connectivity index (χ0) is 33.2. The van der Waals surface area contributed by atoms with Gasteiger partial charge in [-0.15, -0.1) is 0 Å². The van der Waals surface area contributed by atoms with Gasteiger partial charge in [-0.25, -0.2) is 9.55 Å². The smallest absolute Gasteiger partial charge is 0.459 e. The molecule has 1 aromatic carbocycles. The van der Waals surface area contributed by atoms with Gasteiger partial charge in [-0.05, 0) is 50.3 Å². The number of fused-ring (bicyclic) bond motifs is 2. The number of aromatic nitrogens is 4. The average Bonchev–Trinajstić information content (AvgIpc) is 3.75. The quantitative estimate of drug-likeness (QED) is 0.0821. The molecule has 4 unspecified atom stereocenters. The molecule has 20 heteroatoms. The van der Waals surface area contributed by atoms with Crippen LogP contribution in [0.1, 0.15) is 45.3 Å². The number of nitrogens with two attached hydrogens (primary N) is 1. The highest BCUT2D eigenvalue weighted by Crippen LogP contribution is 2.51. The van der Waals surface area contributed by atoms with E-state index in [-0.39, 0.29) is 29.0 Å². The molecule has 19 nitrogen and oxygen atoms in total. The van der Waals surface area contributed by atoms with E-state index in [1.807, 2.05) is 0 Å².